The Bertz CT molecular complexity index is 1130. The summed E-state index contributed by atoms with van der Waals surface area (Å²) in [5.41, 5.74) is 3.86. The number of thioether (sulfide) groups is 1. The highest BCUT2D eigenvalue weighted by Gasteiger charge is 2.19. The van der Waals surface area contributed by atoms with Gasteiger partial charge in [-0.1, -0.05) is 23.1 Å². The summed E-state index contributed by atoms with van der Waals surface area (Å²) in [6, 6.07) is 9.04. The predicted octanol–water partition coefficient (Wildman–Crippen LogP) is 4.30. The van der Waals surface area contributed by atoms with E-state index in [4.69, 9.17) is 9.47 Å². The van der Waals surface area contributed by atoms with Gasteiger partial charge in [-0.2, -0.15) is 0 Å². The summed E-state index contributed by atoms with van der Waals surface area (Å²) in [5.74, 6) is -0.0572. The summed E-state index contributed by atoms with van der Waals surface area (Å²) >= 11 is 2.84. The van der Waals surface area contributed by atoms with Crippen LogP contribution in [0.15, 0.2) is 34.7 Å². The smallest absolute Gasteiger partial charge is 0.337 e. The Hall–Kier alpha value is -2.69. The van der Waals surface area contributed by atoms with E-state index in [1.165, 1.54) is 30.2 Å². The minimum atomic E-state index is -0.378. The van der Waals surface area contributed by atoms with Gasteiger partial charge in [-0.3, -0.25) is 4.79 Å². The van der Waals surface area contributed by atoms with Crippen LogP contribution in [0.5, 0.6) is 0 Å². The first-order valence-electron chi connectivity index (χ1n) is 10.7. The van der Waals surface area contributed by atoms with Gasteiger partial charge in [0.05, 0.1) is 24.5 Å². The highest BCUT2D eigenvalue weighted by Crippen LogP contribution is 2.28. The number of rotatable bonds is 9. The molecule has 1 unspecified atom stereocenters. The molecule has 0 amide bonds. The summed E-state index contributed by atoms with van der Waals surface area (Å²) in [4.78, 5) is 24.6. The van der Waals surface area contributed by atoms with E-state index in [-0.39, 0.29) is 23.6 Å². The van der Waals surface area contributed by atoms with Crippen molar-refractivity contribution < 1.29 is 19.1 Å². The summed E-state index contributed by atoms with van der Waals surface area (Å²) in [6.07, 6.45) is 2.40. The van der Waals surface area contributed by atoms with Gasteiger partial charge in [-0.15, -0.1) is 10.2 Å². The third-order valence-electron chi connectivity index (χ3n) is 5.52. The average molecular weight is 487 g/mol. The first-order valence-corrected chi connectivity index (χ1v) is 12.5. The van der Waals surface area contributed by atoms with Gasteiger partial charge in [-0.25, -0.2) is 4.79 Å². The molecule has 0 radical (unpaired) electrons. The number of hydrogen-bond donors (Lipinski definition) is 1. The lowest BCUT2D eigenvalue weighted by molar-refractivity contribution is 0.0600. The molecule has 10 heteroatoms. The molecule has 0 spiro atoms. The number of nitrogens with zero attached hydrogens (tertiary/aromatic N) is 3. The fraction of sp³-hybridized carbons (Fsp3) is 0.391. The van der Waals surface area contributed by atoms with E-state index < -0.39 is 0 Å². The van der Waals surface area contributed by atoms with Crippen LogP contribution in [0.2, 0.25) is 0 Å². The van der Waals surface area contributed by atoms with Crippen molar-refractivity contribution in [2.24, 2.45) is 0 Å². The van der Waals surface area contributed by atoms with Crippen LogP contribution in [0.4, 0.5) is 5.13 Å². The molecule has 1 fully saturated rings. The van der Waals surface area contributed by atoms with Gasteiger partial charge in [-0.05, 0) is 57.0 Å². The predicted molar refractivity (Wildman–Crippen MR) is 129 cm³/mol. The van der Waals surface area contributed by atoms with Crippen molar-refractivity contribution in [2.45, 2.75) is 37.1 Å². The van der Waals surface area contributed by atoms with Crippen molar-refractivity contribution in [1.82, 2.24) is 14.8 Å². The van der Waals surface area contributed by atoms with Crippen LogP contribution in [-0.2, 0) is 9.47 Å². The van der Waals surface area contributed by atoms with Crippen LogP contribution in [0.1, 0.15) is 44.9 Å². The number of carbonyl (C=O) groups is 2. The lowest BCUT2D eigenvalue weighted by Gasteiger charge is -2.10. The quantitative estimate of drug-likeness (QED) is 0.272. The molecule has 1 aliphatic rings. The number of anilines is 1. The zero-order valence-electron chi connectivity index (χ0n) is 18.8. The van der Waals surface area contributed by atoms with E-state index >= 15 is 0 Å². The van der Waals surface area contributed by atoms with Crippen molar-refractivity contribution in [3.63, 3.8) is 0 Å². The summed E-state index contributed by atoms with van der Waals surface area (Å²) < 4.78 is 13.1. The fourth-order valence-corrected chi connectivity index (χ4v) is 5.50. The Balaban J connectivity index is 1.38. The number of ether oxygens (including phenoxy) is 2. The maximum Gasteiger partial charge on any atom is 0.337 e. The molecule has 1 saturated heterocycles. The minimum Gasteiger partial charge on any atom is -0.465 e. The molecule has 2 aromatic heterocycles. The Morgan fingerprint density at radius 1 is 1.27 bits per heavy atom. The first-order chi connectivity index (χ1) is 16.0. The Kier molecular flexibility index (Phi) is 7.46. The number of ketones is 1. The molecule has 0 saturated carbocycles. The van der Waals surface area contributed by atoms with Crippen molar-refractivity contribution in [2.75, 3.05) is 31.3 Å². The molecule has 3 aromatic rings. The maximum atomic E-state index is 13.0. The molecule has 3 heterocycles. The number of nitrogens with one attached hydrogen (secondary N) is 1. The molecule has 174 valence electrons. The first kappa shape index (κ1) is 23.5. The van der Waals surface area contributed by atoms with Gasteiger partial charge in [0.25, 0.3) is 0 Å². The highest BCUT2D eigenvalue weighted by molar-refractivity contribution is 8.01. The van der Waals surface area contributed by atoms with Crippen LogP contribution in [0.25, 0.3) is 5.69 Å². The molecule has 0 bridgehead atoms. The van der Waals surface area contributed by atoms with Crippen molar-refractivity contribution in [3.05, 3.63) is 52.8 Å². The molecule has 0 aliphatic carbocycles. The second kappa shape index (κ2) is 10.5. The topological polar surface area (TPSA) is 95.3 Å². The normalized spacial score (nSPS) is 15.5. The van der Waals surface area contributed by atoms with Crippen LogP contribution in [-0.4, -0.2) is 58.6 Å². The zero-order chi connectivity index (χ0) is 23.4. The number of aryl methyl sites for hydroxylation is 1. The van der Waals surface area contributed by atoms with Gasteiger partial charge in [0.1, 0.15) is 0 Å². The van der Waals surface area contributed by atoms with Crippen LogP contribution < -0.4 is 5.32 Å². The van der Waals surface area contributed by atoms with E-state index in [0.717, 1.165) is 52.5 Å². The molecular weight excluding hydrogens is 460 g/mol. The SMILES string of the molecule is COC(=O)c1ccc(-n2c(C)cc(C(=O)CSc3nnc(NCC4CCCO4)s3)c2C)cc1. The number of hydrogen-bond acceptors (Lipinski definition) is 9. The van der Waals surface area contributed by atoms with E-state index in [1.807, 2.05) is 36.6 Å². The standard InChI is InChI=1S/C23H26N4O4S2/c1-14-11-19(15(2)27(14)17-8-6-16(7-9-17)21(29)30-3)20(28)13-32-23-26-25-22(33-23)24-12-18-5-4-10-31-18/h6-9,11,18H,4-5,10,12-13H2,1-3H3,(H,24,25). The lowest BCUT2D eigenvalue weighted by Crippen LogP contribution is -2.18. The maximum absolute atomic E-state index is 13.0. The second-order valence-electron chi connectivity index (χ2n) is 7.76. The number of esters is 1. The lowest BCUT2D eigenvalue weighted by atomic mass is 10.2. The van der Waals surface area contributed by atoms with Crippen molar-refractivity contribution >= 4 is 40.0 Å². The minimum absolute atomic E-state index is 0.0367. The number of benzene rings is 1. The number of Topliss-reactive ketones (excluding diaryl/α,β-unsaturated/α-hetero) is 1. The number of carbonyl (C=O) groups excluding carboxylic acids is 2. The Morgan fingerprint density at radius 2 is 2.06 bits per heavy atom. The summed E-state index contributed by atoms with van der Waals surface area (Å²) in [6.45, 7) is 5.44. The molecule has 4 rings (SSSR count). The zero-order valence-corrected chi connectivity index (χ0v) is 20.4. The number of methoxy groups -OCH3 is 1. The van der Waals surface area contributed by atoms with Gasteiger partial charge >= 0.3 is 5.97 Å². The van der Waals surface area contributed by atoms with Crippen molar-refractivity contribution in [3.8, 4) is 5.69 Å². The monoisotopic (exact) mass is 486 g/mol. The molecule has 1 N–H and O–H groups in total. The van der Waals surface area contributed by atoms with E-state index in [0.29, 0.717) is 11.1 Å². The summed E-state index contributed by atoms with van der Waals surface area (Å²) in [7, 11) is 1.36. The Morgan fingerprint density at radius 3 is 2.76 bits per heavy atom. The molecule has 1 atom stereocenters. The molecule has 33 heavy (non-hydrogen) atoms. The van der Waals surface area contributed by atoms with Gasteiger partial charge in [0.2, 0.25) is 5.13 Å². The van der Waals surface area contributed by atoms with Crippen molar-refractivity contribution in [1.29, 1.82) is 0 Å². The summed E-state index contributed by atoms with van der Waals surface area (Å²) in [5, 5.41) is 12.4. The van der Waals surface area contributed by atoms with Crippen LogP contribution in [0, 0.1) is 13.8 Å². The van der Waals surface area contributed by atoms with Crippen LogP contribution >= 0.6 is 23.1 Å². The average Bonchev–Trinajstić information content (AvgIpc) is 3.57. The van der Waals surface area contributed by atoms with Gasteiger partial charge < -0.3 is 19.4 Å². The Labute approximate surface area is 200 Å². The van der Waals surface area contributed by atoms with Crippen LogP contribution in [0.3, 0.4) is 0 Å². The molecule has 8 nitrogen and oxygen atoms in total. The third kappa shape index (κ3) is 5.45. The van der Waals surface area contributed by atoms with E-state index in [1.54, 1.807) is 12.1 Å². The molecular formula is C23H26N4O4S2. The molecule has 1 aliphatic heterocycles. The fourth-order valence-electron chi connectivity index (χ4n) is 3.86. The molecule has 1 aromatic carbocycles. The van der Waals surface area contributed by atoms with Gasteiger partial charge in [0.15, 0.2) is 10.1 Å². The second-order valence-corrected chi connectivity index (χ2v) is 9.96. The largest absolute Gasteiger partial charge is 0.465 e. The van der Waals surface area contributed by atoms with E-state index in [9.17, 15) is 9.59 Å². The highest BCUT2D eigenvalue weighted by atomic mass is 32.2. The van der Waals surface area contributed by atoms with E-state index in [2.05, 4.69) is 15.5 Å². The third-order valence-corrected chi connectivity index (χ3v) is 7.53. The van der Waals surface area contributed by atoms with Gasteiger partial charge in [0, 0.05) is 35.8 Å². The number of aromatic nitrogens is 3.